The quantitative estimate of drug-likeness (QED) is 0.493. The Kier molecular flexibility index (Phi) is 5.99. The smallest absolute Gasteiger partial charge is 0.267 e. The van der Waals surface area contributed by atoms with Gasteiger partial charge in [0.1, 0.15) is 11.6 Å². The molecule has 0 unspecified atom stereocenters. The molecule has 0 bridgehead atoms. The van der Waals surface area contributed by atoms with Crippen molar-refractivity contribution in [3.05, 3.63) is 64.9 Å². The number of nitrogens with zero attached hydrogens (tertiary/aromatic N) is 2. The van der Waals surface area contributed by atoms with Crippen LogP contribution in [0.1, 0.15) is 23.6 Å². The lowest BCUT2D eigenvalue weighted by Crippen LogP contribution is -2.25. The molecule has 3 N–H and O–H groups in total. The molecule has 2 aromatic rings. The Morgan fingerprint density at radius 1 is 1.11 bits per heavy atom. The summed E-state index contributed by atoms with van der Waals surface area (Å²) in [6, 6.07) is 12.4. The molecule has 0 aliphatic heterocycles. The number of nitriles is 1. The van der Waals surface area contributed by atoms with E-state index in [1.54, 1.807) is 24.3 Å². The van der Waals surface area contributed by atoms with Crippen molar-refractivity contribution in [2.75, 3.05) is 16.0 Å². The number of benzene rings is 2. The fourth-order valence-corrected chi connectivity index (χ4v) is 2.81. The predicted octanol–water partition coefficient (Wildman–Crippen LogP) is 3.59. The minimum atomic E-state index is -0.575. The highest BCUT2D eigenvalue weighted by atomic mass is 16.2. The lowest BCUT2D eigenvalue weighted by Gasteiger charge is -2.18. The van der Waals surface area contributed by atoms with Crippen LogP contribution < -0.4 is 16.0 Å². The molecule has 0 spiro atoms. The fraction of sp³-hybridized carbons (Fsp3) is 0.190. The van der Waals surface area contributed by atoms with Crippen molar-refractivity contribution in [1.82, 2.24) is 0 Å². The zero-order chi connectivity index (χ0) is 20.1. The number of hydrogen-bond donors (Lipinski definition) is 2. The van der Waals surface area contributed by atoms with Gasteiger partial charge in [-0.3, -0.25) is 14.5 Å². The van der Waals surface area contributed by atoms with E-state index < -0.39 is 5.91 Å². The van der Waals surface area contributed by atoms with E-state index in [9.17, 15) is 14.9 Å². The van der Waals surface area contributed by atoms with Gasteiger partial charge in [0.25, 0.3) is 5.91 Å². The highest BCUT2D eigenvalue weighted by Gasteiger charge is 2.17. The number of carbonyl (C=O) groups is 2. The van der Waals surface area contributed by atoms with Crippen molar-refractivity contribution in [2.24, 2.45) is 0 Å². The van der Waals surface area contributed by atoms with Crippen molar-refractivity contribution in [2.45, 2.75) is 27.7 Å². The van der Waals surface area contributed by atoms with Crippen molar-refractivity contribution in [1.29, 1.82) is 5.26 Å². The van der Waals surface area contributed by atoms with Gasteiger partial charge < -0.3 is 11.1 Å². The van der Waals surface area contributed by atoms with E-state index >= 15 is 0 Å². The van der Waals surface area contributed by atoms with Gasteiger partial charge in [-0.2, -0.15) is 5.26 Å². The largest absolute Gasteiger partial charge is 0.399 e. The summed E-state index contributed by atoms with van der Waals surface area (Å²) in [7, 11) is 0. The molecular formula is C21H22N4O2. The minimum Gasteiger partial charge on any atom is -0.399 e. The van der Waals surface area contributed by atoms with Gasteiger partial charge in [-0.05, 0) is 56.2 Å². The summed E-state index contributed by atoms with van der Waals surface area (Å²) in [5.41, 5.74) is 10.1. The fourth-order valence-electron chi connectivity index (χ4n) is 2.81. The Morgan fingerprint density at radius 3 is 2.15 bits per heavy atom. The van der Waals surface area contributed by atoms with Crippen molar-refractivity contribution in [3.63, 3.8) is 0 Å². The number of rotatable bonds is 4. The van der Waals surface area contributed by atoms with Crippen LogP contribution in [0.5, 0.6) is 0 Å². The number of nitrogens with one attached hydrogen (secondary N) is 1. The zero-order valence-corrected chi connectivity index (χ0v) is 15.8. The van der Waals surface area contributed by atoms with Gasteiger partial charge in [-0.1, -0.05) is 17.7 Å². The van der Waals surface area contributed by atoms with Crippen LogP contribution in [0.4, 0.5) is 17.1 Å². The van der Waals surface area contributed by atoms with Crippen molar-refractivity contribution in [3.8, 4) is 6.07 Å². The molecular weight excluding hydrogens is 340 g/mol. The van der Waals surface area contributed by atoms with Crippen molar-refractivity contribution < 1.29 is 9.59 Å². The molecule has 0 heterocycles. The van der Waals surface area contributed by atoms with Gasteiger partial charge >= 0.3 is 0 Å². The monoisotopic (exact) mass is 362 g/mol. The molecule has 0 saturated heterocycles. The second-order valence-corrected chi connectivity index (χ2v) is 6.36. The molecule has 0 atom stereocenters. The lowest BCUT2D eigenvalue weighted by molar-refractivity contribution is -0.116. The summed E-state index contributed by atoms with van der Waals surface area (Å²) >= 11 is 0. The SMILES string of the molecule is CC(=O)N(/C=C(/C#N)C(=O)Nc1c(C)cc(C)cc1C)c1ccc(N)cc1. The zero-order valence-electron chi connectivity index (χ0n) is 15.8. The first-order chi connectivity index (χ1) is 12.7. The van der Waals surface area contributed by atoms with Crippen LogP contribution in [-0.2, 0) is 9.59 Å². The third-order valence-electron chi connectivity index (χ3n) is 4.05. The first-order valence-electron chi connectivity index (χ1n) is 8.39. The summed E-state index contributed by atoms with van der Waals surface area (Å²) < 4.78 is 0. The summed E-state index contributed by atoms with van der Waals surface area (Å²) in [4.78, 5) is 25.9. The number of nitrogens with two attached hydrogens (primary N) is 1. The summed E-state index contributed by atoms with van der Waals surface area (Å²) in [6.45, 7) is 7.11. The Labute approximate surface area is 158 Å². The van der Waals surface area contributed by atoms with Gasteiger partial charge in [-0.15, -0.1) is 0 Å². The number of anilines is 3. The van der Waals surface area contributed by atoms with Crippen LogP contribution in [0.25, 0.3) is 0 Å². The topological polar surface area (TPSA) is 99.2 Å². The van der Waals surface area contributed by atoms with E-state index in [4.69, 9.17) is 5.73 Å². The number of nitrogen functional groups attached to an aromatic ring is 1. The molecule has 2 amide bonds. The number of aryl methyl sites for hydroxylation is 3. The third kappa shape index (κ3) is 4.73. The van der Waals surface area contributed by atoms with Crippen LogP contribution >= 0.6 is 0 Å². The molecule has 6 heteroatoms. The highest BCUT2D eigenvalue weighted by Crippen LogP contribution is 2.23. The van der Waals surface area contributed by atoms with Crippen molar-refractivity contribution >= 4 is 28.9 Å². The maximum Gasteiger partial charge on any atom is 0.267 e. The summed E-state index contributed by atoms with van der Waals surface area (Å²) in [5, 5.41) is 12.2. The molecule has 2 rings (SSSR count). The molecule has 0 aromatic heterocycles. The minimum absolute atomic E-state index is 0.179. The third-order valence-corrected chi connectivity index (χ3v) is 4.05. The molecule has 27 heavy (non-hydrogen) atoms. The Bertz CT molecular complexity index is 930. The number of hydrogen-bond acceptors (Lipinski definition) is 4. The Balaban J connectivity index is 2.36. The Morgan fingerprint density at radius 2 is 1.67 bits per heavy atom. The molecule has 0 aliphatic carbocycles. The van der Waals surface area contributed by atoms with Gasteiger partial charge in [0, 0.05) is 30.2 Å². The lowest BCUT2D eigenvalue weighted by atomic mass is 10.0. The molecule has 0 radical (unpaired) electrons. The van der Waals surface area contributed by atoms with E-state index in [2.05, 4.69) is 5.32 Å². The van der Waals surface area contributed by atoms with E-state index in [1.807, 2.05) is 39.0 Å². The van der Waals surface area contributed by atoms with Gasteiger partial charge in [0.2, 0.25) is 5.91 Å². The van der Waals surface area contributed by atoms with Gasteiger partial charge in [0.05, 0.1) is 0 Å². The molecule has 6 nitrogen and oxygen atoms in total. The number of carbonyl (C=O) groups excluding carboxylic acids is 2. The van der Waals surface area contributed by atoms with E-state index in [0.717, 1.165) is 16.7 Å². The predicted molar refractivity (Wildman–Crippen MR) is 107 cm³/mol. The number of amides is 2. The van der Waals surface area contributed by atoms with Gasteiger partial charge in [0.15, 0.2) is 0 Å². The summed E-state index contributed by atoms with van der Waals surface area (Å²) in [5.74, 6) is -0.905. The Hall–Kier alpha value is -3.59. The molecule has 0 fully saturated rings. The highest BCUT2D eigenvalue weighted by molar-refractivity contribution is 6.08. The molecule has 0 saturated carbocycles. The van der Waals surface area contributed by atoms with Crippen LogP contribution in [0.3, 0.4) is 0 Å². The maximum atomic E-state index is 12.6. The molecule has 0 aliphatic rings. The van der Waals surface area contributed by atoms with E-state index in [0.29, 0.717) is 17.1 Å². The average molecular weight is 362 g/mol. The van der Waals surface area contributed by atoms with Gasteiger partial charge in [-0.25, -0.2) is 0 Å². The molecule has 2 aromatic carbocycles. The van der Waals surface area contributed by atoms with Crippen LogP contribution in [-0.4, -0.2) is 11.8 Å². The van der Waals surface area contributed by atoms with Crippen LogP contribution in [0.15, 0.2) is 48.2 Å². The maximum absolute atomic E-state index is 12.6. The average Bonchev–Trinajstić information content (AvgIpc) is 2.59. The summed E-state index contributed by atoms with van der Waals surface area (Å²) in [6.07, 6.45) is 1.24. The van der Waals surface area contributed by atoms with Crippen LogP contribution in [0, 0.1) is 32.1 Å². The van der Waals surface area contributed by atoms with Crippen LogP contribution in [0.2, 0.25) is 0 Å². The first-order valence-corrected chi connectivity index (χ1v) is 8.39. The second-order valence-electron chi connectivity index (χ2n) is 6.36. The molecule has 138 valence electrons. The normalized spacial score (nSPS) is 10.9. The standard InChI is InChI=1S/C21H22N4O2/c1-13-9-14(2)20(15(3)10-13)24-21(27)17(11-22)12-25(16(4)26)19-7-5-18(23)6-8-19/h5-10,12H,23H2,1-4H3,(H,24,27)/b17-12-. The van der Waals surface area contributed by atoms with E-state index in [-0.39, 0.29) is 11.5 Å². The second kappa shape index (κ2) is 8.19. The van der Waals surface area contributed by atoms with E-state index in [1.165, 1.54) is 18.0 Å². The first kappa shape index (κ1) is 19.7.